The van der Waals surface area contributed by atoms with Gasteiger partial charge in [0.15, 0.2) is 0 Å². The van der Waals surface area contributed by atoms with Crippen LogP contribution in [-0.4, -0.2) is 0 Å². The highest BCUT2D eigenvalue weighted by Crippen LogP contribution is 2.13. The molecule has 0 saturated carbocycles. The minimum atomic E-state index is 0.653. The van der Waals surface area contributed by atoms with Crippen LogP contribution in [0.15, 0.2) is 54.6 Å². The zero-order valence-electron chi connectivity index (χ0n) is 13.6. The molecule has 0 bridgehead atoms. The van der Waals surface area contributed by atoms with E-state index in [0.29, 0.717) is 5.92 Å². The Hall–Kier alpha value is -1.56. The predicted molar refractivity (Wildman–Crippen MR) is 90.3 cm³/mol. The summed E-state index contributed by atoms with van der Waals surface area (Å²) in [4.78, 5) is 0. The van der Waals surface area contributed by atoms with Gasteiger partial charge >= 0.3 is 0 Å². The van der Waals surface area contributed by atoms with Gasteiger partial charge in [0, 0.05) is 0 Å². The highest BCUT2D eigenvalue weighted by atomic mass is 14.0. The molecule has 108 valence electrons. The summed E-state index contributed by atoms with van der Waals surface area (Å²) in [5.41, 5.74) is 4.20. The molecule has 0 aliphatic carbocycles. The minimum Gasteiger partial charge on any atom is -0.0625 e. The SMILES string of the molecule is CC(C)Cc1ccccc1.Cc1ccc(C(C)C)cc1. The molecule has 0 nitrogen and oxygen atoms in total. The van der Waals surface area contributed by atoms with Crippen molar-refractivity contribution in [2.75, 3.05) is 0 Å². The first-order valence-corrected chi connectivity index (χ1v) is 7.59. The van der Waals surface area contributed by atoms with Crippen molar-refractivity contribution in [3.05, 3.63) is 71.3 Å². The molecule has 2 rings (SSSR count). The van der Waals surface area contributed by atoms with Crippen molar-refractivity contribution in [2.24, 2.45) is 5.92 Å². The summed E-state index contributed by atoms with van der Waals surface area (Å²) in [6.07, 6.45) is 1.20. The van der Waals surface area contributed by atoms with E-state index in [4.69, 9.17) is 0 Å². The fourth-order valence-corrected chi connectivity index (χ4v) is 2.04. The third kappa shape index (κ3) is 6.56. The summed E-state index contributed by atoms with van der Waals surface area (Å²) in [5, 5.41) is 0. The van der Waals surface area contributed by atoms with E-state index < -0.39 is 0 Å². The van der Waals surface area contributed by atoms with Crippen LogP contribution in [0.4, 0.5) is 0 Å². The molecule has 2 aromatic carbocycles. The average molecular weight is 268 g/mol. The van der Waals surface area contributed by atoms with Crippen LogP contribution in [0, 0.1) is 12.8 Å². The van der Waals surface area contributed by atoms with Crippen LogP contribution in [0.3, 0.4) is 0 Å². The lowest BCUT2D eigenvalue weighted by Crippen LogP contribution is -1.92. The molecule has 0 heterocycles. The van der Waals surface area contributed by atoms with Gasteiger partial charge in [0.1, 0.15) is 0 Å². The maximum atomic E-state index is 2.24. The maximum Gasteiger partial charge on any atom is -0.0219 e. The normalized spacial score (nSPS) is 10.3. The lowest BCUT2D eigenvalue weighted by molar-refractivity contribution is 0.647. The van der Waals surface area contributed by atoms with Gasteiger partial charge in [-0.1, -0.05) is 87.9 Å². The van der Waals surface area contributed by atoms with E-state index in [1.54, 1.807) is 0 Å². The Bertz CT molecular complexity index is 463. The molecule has 0 N–H and O–H groups in total. The Morgan fingerprint density at radius 1 is 0.750 bits per heavy atom. The monoisotopic (exact) mass is 268 g/mol. The largest absolute Gasteiger partial charge is 0.0625 e. The molecule has 0 radical (unpaired) electrons. The molecule has 0 heteroatoms. The smallest absolute Gasteiger partial charge is 0.0219 e. The van der Waals surface area contributed by atoms with E-state index in [-0.39, 0.29) is 0 Å². The van der Waals surface area contributed by atoms with E-state index in [9.17, 15) is 0 Å². The second-order valence-electron chi connectivity index (χ2n) is 6.15. The quantitative estimate of drug-likeness (QED) is 0.640. The second kappa shape index (κ2) is 8.58. The first-order valence-electron chi connectivity index (χ1n) is 7.59. The molecule has 2 aromatic rings. The summed E-state index contributed by atoms with van der Waals surface area (Å²) in [6, 6.07) is 19.3. The molecule has 0 amide bonds. The number of hydrogen-bond acceptors (Lipinski definition) is 0. The summed E-state index contributed by atoms with van der Waals surface area (Å²) < 4.78 is 0. The minimum absolute atomic E-state index is 0.653. The van der Waals surface area contributed by atoms with Crippen LogP contribution in [0.5, 0.6) is 0 Å². The van der Waals surface area contributed by atoms with Crippen molar-refractivity contribution in [2.45, 2.75) is 47.0 Å². The van der Waals surface area contributed by atoms with Crippen LogP contribution < -0.4 is 0 Å². The van der Waals surface area contributed by atoms with Crippen molar-refractivity contribution < 1.29 is 0 Å². The fourth-order valence-electron chi connectivity index (χ4n) is 2.04. The van der Waals surface area contributed by atoms with Crippen molar-refractivity contribution in [1.82, 2.24) is 0 Å². The Morgan fingerprint density at radius 2 is 1.30 bits per heavy atom. The number of rotatable bonds is 3. The van der Waals surface area contributed by atoms with Gasteiger partial charge in [-0.25, -0.2) is 0 Å². The van der Waals surface area contributed by atoms with Crippen molar-refractivity contribution in [3.63, 3.8) is 0 Å². The van der Waals surface area contributed by atoms with Crippen LogP contribution in [0.1, 0.15) is 50.3 Å². The predicted octanol–water partition coefficient (Wildman–Crippen LogP) is 6.00. The van der Waals surface area contributed by atoms with E-state index in [2.05, 4.69) is 89.2 Å². The first kappa shape index (κ1) is 16.5. The fraction of sp³-hybridized carbons (Fsp3) is 0.400. The number of benzene rings is 2. The van der Waals surface area contributed by atoms with Crippen LogP contribution in [0.2, 0.25) is 0 Å². The lowest BCUT2D eigenvalue weighted by atomic mass is 10.0. The molecule has 0 aromatic heterocycles. The Labute approximate surface area is 124 Å². The van der Waals surface area contributed by atoms with Gasteiger partial charge in [-0.15, -0.1) is 0 Å². The third-order valence-corrected chi connectivity index (χ3v) is 3.23. The molecule has 0 saturated heterocycles. The highest BCUT2D eigenvalue weighted by Gasteiger charge is 1.95. The van der Waals surface area contributed by atoms with Gasteiger partial charge in [-0.2, -0.15) is 0 Å². The van der Waals surface area contributed by atoms with Crippen LogP contribution in [-0.2, 0) is 6.42 Å². The van der Waals surface area contributed by atoms with Gasteiger partial charge in [-0.3, -0.25) is 0 Å². The topological polar surface area (TPSA) is 0 Å². The molecular formula is C20H28. The average Bonchev–Trinajstić information content (AvgIpc) is 2.40. The van der Waals surface area contributed by atoms with E-state index in [1.807, 2.05) is 0 Å². The van der Waals surface area contributed by atoms with Gasteiger partial charge in [0.2, 0.25) is 0 Å². The summed E-state index contributed by atoms with van der Waals surface area (Å²) in [7, 11) is 0. The molecule has 0 fully saturated rings. The molecule has 0 atom stereocenters. The van der Waals surface area contributed by atoms with Gasteiger partial charge in [-0.05, 0) is 36.3 Å². The molecular weight excluding hydrogens is 240 g/mol. The van der Waals surface area contributed by atoms with Crippen molar-refractivity contribution in [1.29, 1.82) is 0 Å². The standard InChI is InChI=1S/2C10H14/c1-8(2)10-6-4-9(3)5-7-10;1-9(2)8-10-6-4-3-5-7-10/h4-8H,1-3H3;3-7,9H,8H2,1-2H3. The zero-order valence-corrected chi connectivity index (χ0v) is 13.6. The summed E-state index contributed by atoms with van der Waals surface area (Å²) in [6.45, 7) is 11.0. The molecule has 0 aliphatic heterocycles. The number of hydrogen-bond donors (Lipinski definition) is 0. The third-order valence-electron chi connectivity index (χ3n) is 3.23. The van der Waals surface area contributed by atoms with E-state index in [1.165, 1.54) is 23.1 Å². The Morgan fingerprint density at radius 3 is 1.75 bits per heavy atom. The van der Waals surface area contributed by atoms with Gasteiger partial charge < -0.3 is 0 Å². The van der Waals surface area contributed by atoms with Crippen molar-refractivity contribution in [3.8, 4) is 0 Å². The van der Waals surface area contributed by atoms with E-state index in [0.717, 1.165) is 5.92 Å². The van der Waals surface area contributed by atoms with Crippen LogP contribution >= 0.6 is 0 Å². The molecule has 0 aliphatic rings. The number of aryl methyl sites for hydroxylation is 1. The molecule has 0 unspecified atom stereocenters. The molecule has 20 heavy (non-hydrogen) atoms. The first-order chi connectivity index (χ1) is 9.49. The van der Waals surface area contributed by atoms with Crippen molar-refractivity contribution >= 4 is 0 Å². The summed E-state index contributed by atoms with van der Waals surface area (Å²) >= 11 is 0. The summed E-state index contributed by atoms with van der Waals surface area (Å²) in [5.74, 6) is 1.42. The maximum absolute atomic E-state index is 2.24. The van der Waals surface area contributed by atoms with Gasteiger partial charge in [0.25, 0.3) is 0 Å². The second-order valence-corrected chi connectivity index (χ2v) is 6.15. The lowest BCUT2D eigenvalue weighted by Gasteiger charge is -2.03. The Kier molecular flexibility index (Phi) is 7.08. The zero-order chi connectivity index (χ0) is 15.0. The molecule has 0 spiro atoms. The van der Waals surface area contributed by atoms with Gasteiger partial charge in [0.05, 0.1) is 0 Å². The van der Waals surface area contributed by atoms with E-state index >= 15 is 0 Å². The highest BCUT2D eigenvalue weighted by molar-refractivity contribution is 5.23. The van der Waals surface area contributed by atoms with Crippen LogP contribution in [0.25, 0.3) is 0 Å². The Balaban J connectivity index is 0.000000200.